The van der Waals surface area contributed by atoms with Crippen LogP contribution in [-0.4, -0.2) is 5.78 Å². The van der Waals surface area contributed by atoms with Crippen LogP contribution in [0.5, 0.6) is 0 Å². The van der Waals surface area contributed by atoms with Crippen LogP contribution in [0, 0.1) is 17.8 Å². The molecule has 2 nitrogen and oxygen atoms in total. The molecule has 0 radical (unpaired) electrons. The number of hydrogen-bond acceptors (Lipinski definition) is 2. The van der Waals surface area contributed by atoms with E-state index in [1.165, 1.54) is 6.42 Å². The molecule has 1 aliphatic carbocycles. The van der Waals surface area contributed by atoms with Gasteiger partial charge < -0.3 is 5.73 Å². The number of rotatable bonds is 2. The molecule has 1 saturated carbocycles. The van der Waals surface area contributed by atoms with E-state index in [0.29, 0.717) is 28.1 Å². The Morgan fingerprint density at radius 2 is 1.78 bits per heavy atom. The third-order valence-corrected chi connectivity index (χ3v) is 3.97. The van der Waals surface area contributed by atoms with E-state index in [1.54, 1.807) is 18.2 Å². The van der Waals surface area contributed by atoms with Crippen LogP contribution in [0.25, 0.3) is 0 Å². The zero-order valence-electron chi connectivity index (χ0n) is 10.9. The first kappa shape index (κ1) is 13.4. The number of carbonyl (C=O) groups excluding carboxylic acids is 1. The Labute approximate surface area is 114 Å². The summed E-state index contributed by atoms with van der Waals surface area (Å²) in [7, 11) is 0. The highest BCUT2D eigenvalue weighted by Gasteiger charge is 2.29. The number of hydrogen-bond donors (Lipinski definition) is 1. The summed E-state index contributed by atoms with van der Waals surface area (Å²) >= 11 is 5.96. The average molecular weight is 266 g/mol. The molecule has 2 N–H and O–H groups in total. The maximum Gasteiger partial charge on any atom is 0.166 e. The molecule has 2 rings (SSSR count). The number of nitrogen functional groups attached to an aromatic ring is 1. The first-order valence-electron chi connectivity index (χ1n) is 6.56. The highest BCUT2D eigenvalue weighted by atomic mass is 35.5. The molecule has 1 fully saturated rings. The Kier molecular flexibility index (Phi) is 3.96. The summed E-state index contributed by atoms with van der Waals surface area (Å²) in [5, 5.41) is 0.537. The molecule has 2 unspecified atom stereocenters. The van der Waals surface area contributed by atoms with Crippen molar-refractivity contribution in [1.29, 1.82) is 0 Å². The Balaban J connectivity index is 2.20. The topological polar surface area (TPSA) is 43.1 Å². The maximum absolute atomic E-state index is 12.5. The summed E-state index contributed by atoms with van der Waals surface area (Å²) < 4.78 is 0. The molecule has 2 atom stereocenters. The smallest absolute Gasteiger partial charge is 0.166 e. The molecule has 0 aromatic heterocycles. The van der Waals surface area contributed by atoms with Crippen molar-refractivity contribution < 1.29 is 4.79 Å². The Morgan fingerprint density at radius 3 is 2.33 bits per heavy atom. The Bertz CT molecular complexity index is 428. The zero-order chi connectivity index (χ0) is 13.3. The SMILES string of the molecule is CC1CC(C)CC(C(=O)c2cc(N)cc(Cl)c2)C1. The van der Waals surface area contributed by atoms with Crippen LogP contribution < -0.4 is 5.73 Å². The first-order valence-corrected chi connectivity index (χ1v) is 6.93. The van der Waals surface area contributed by atoms with Crippen LogP contribution in [0.2, 0.25) is 5.02 Å². The van der Waals surface area contributed by atoms with Crippen LogP contribution in [0.4, 0.5) is 5.69 Å². The highest BCUT2D eigenvalue weighted by Crippen LogP contribution is 2.35. The molecule has 1 aromatic rings. The summed E-state index contributed by atoms with van der Waals surface area (Å²) in [5.41, 5.74) is 6.96. The normalized spacial score (nSPS) is 28.1. The molecular formula is C15H20ClNO. The molecule has 98 valence electrons. The minimum atomic E-state index is 0.126. The number of nitrogens with two attached hydrogens (primary N) is 1. The molecular weight excluding hydrogens is 246 g/mol. The van der Waals surface area contributed by atoms with E-state index in [0.717, 1.165) is 12.8 Å². The van der Waals surface area contributed by atoms with Crippen molar-refractivity contribution in [3.05, 3.63) is 28.8 Å². The number of Topliss-reactive ketones (excluding diaryl/α,β-unsaturated/α-hetero) is 1. The number of halogens is 1. The van der Waals surface area contributed by atoms with E-state index in [1.807, 2.05) is 0 Å². The van der Waals surface area contributed by atoms with Crippen molar-refractivity contribution in [2.45, 2.75) is 33.1 Å². The fraction of sp³-hybridized carbons (Fsp3) is 0.533. The summed E-state index contributed by atoms with van der Waals surface area (Å²) in [5.74, 6) is 1.57. The number of carbonyl (C=O) groups is 1. The molecule has 0 aliphatic heterocycles. The van der Waals surface area contributed by atoms with Gasteiger partial charge in [0.2, 0.25) is 0 Å². The minimum Gasteiger partial charge on any atom is -0.399 e. The molecule has 1 aromatic carbocycles. The van der Waals surface area contributed by atoms with E-state index in [2.05, 4.69) is 13.8 Å². The van der Waals surface area contributed by atoms with Gasteiger partial charge in [0.1, 0.15) is 0 Å². The van der Waals surface area contributed by atoms with Crippen molar-refractivity contribution in [2.75, 3.05) is 5.73 Å². The van der Waals surface area contributed by atoms with Gasteiger partial charge >= 0.3 is 0 Å². The zero-order valence-corrected chi connectivity index (χ0v) is 11.7. The lowest BCUT2D eigenvalue weighted by atomic mass is 9.74. The lowest BCUT2D eigenvalue weighted by Crippen LogP contribution is -2.26. The van der Waals surface area contributed by atoms with Gasteiger partial charge in [-0.3, -0.25) is 4.79 Å². The van der Waals surface area contributed by atoms with E-state index < -0.39 is 0 Å². The summed E-state index contributed by atoms with van der Waals surface area (Å²) in [6.45, 7) is 4.45. The Morgan fingerprint density at radius 1 is 1.17 bits per heavy atom. The van der Waals surface area contributed by atoms with Crippen molar-refractivity contribution in [2.24, 2.45) is 17.8 Å². The van der Waals surface area contributed by atoms with E-state index in [-0.39, 0.29) is 11.7 Å². The third kappa shape index (κ3) is 3.05. The third-order valence-electron chi connectivity index (χ3n) is 3.75. The second kappa shape index (κ2) is 5.31. The lowest BCUT2D eigenvalue weighted by Gasteiger charge is -2.30. The average Bonchev–Trinajstić information content (AvgIpc) is 2.25. The molecule has 0 saturated heterocycles. The van der Waals surface area contributed by atoms with Gasteiger partial charge in [-0.2, -0.15) is 0 Å². The van der Waals surface area contributed by atoms with Gasteiger partial charge in [0, 0.05) is 22.2 Å². The summed E-state index contributed by atoms with van der Waals surface area (Å²) in [6.07, 6.45) is 3.19. The van der Waals surface area contributed by atoms with Gasteiger partial charge in [-0.1, -0.05) is 25.4 Å². The minimum absolute atomic E-state index is 0.126. The predicted molar refractivity (Wildman–Crippen MR) is 75.9 cm³/mol. The molecule has 3 heteroatoms. The van der Waals surface area contributed by atoms with Crippen molar-refractivity contribution >= 4 is 23.1 Å². The van der Waals surface area contributed by atoms with Crippen molar-refractivity contribution in [1.82, 2.24) is 0 Å². The monoisotopic (exact) mass is 265 g/mol. The summed E-state index contributed by atoms with van der Waals surface area (Å²) in [6, 6.07) is 5.13. The second-order valence-corrected chi connectivity index (χ2v) is 6.19. The summed E-state index contributed by atoms with van der Waals surface area (Å²) in [4.78, 5) is 12.5. The molecule has 0 spiro atoms. The van der Waals surface area contributed by atoms with Crippen molar-refractivity contribution in [3.63, 3.8) is 0 Å². The molecule has 0 bridgehead atoms. The number of benzene rings is 1. The van der Waals surface area contributed by atoms with Crippen LogP contribution in [0.15, 0.2) is 18.2 Å². The molecule has 18 heavy (non-hydrogen) atoms. The molecule has 0 amide bonds. The lowest BCUT2D eigenvalue weighted by molar-refractivity contribution is 0.0836. The van der Waals surface area contributed by atoms with Gasteiger partial charge in [-0.15, -0.1) is 0 Å². The van der Waals surface area contributed by atoms with Gasteiger partial charge in [0.05, 0.1) is 0 Å². The quantitative estimate of drug-likeness (QED) is 0.644. The fourth-order valence-corrected chi connectivity index (χ4v) is 3.39. The number of anilines is 1. The molecule has 0 heterocycles. The first-order chi connectivity index (χ1) is 8.45. The largest absolute Gasteiger partial charge is 0.399 e. The van der Waals surface area contributed by atoms with Gasteiger partial charge in [-0.05, 0) is 49.3 Å². The standard InChI is InChI=1S/C15H20ClNO/c1-9-3-10(2)5-11(4-9)15(18)12-6-13(16)8-14(17)7-12/h6-11H,3-5,17H2,1-2H3. The maximum atomic E-state index is 12.5. The highest BCUT2D eigenvalue weighted by molar-refractivity contribution is 6.31. The number of ketones is 1. The Hall–Kier alpha value is -1.02. The van der Waals surface area contributed by atoms with E-state index in [9.17, 15) is 4.79 Å². The van der Waals surface area contributed by atoms with Gasteiger partial charge in [0.15, 0.2) is 5.78 Å². The van der Waals surface area contributed by atoms with Crippen LogP contribution in [0.3, 0.4) is 0 Å². The van der Waals surface area contributed by atoms with Gasteiger partial charge in [0.25, 0.3) is 0 Å². The van der Waals surface area contributed by atoms with Gasteiger partial charge in [-0.25, -0.2) is 0 Å². The van der Waals surface area contributed by atoms with Crippen LogP contribution >= 0.6 is 11.6 Å². The molecule has 1 aliphatic rings. The fourth-order valence-electron chi connectivity index (χ4n) is 3.15. The second-order valence-electron chi connectivity index (χ2n) is 5.75. The van der Waals surface area contributed by atoms with E-state index in [4.69, 9.17) is 17.3 Å². The van der Waals surface area contributed by atoms with Crippen LogP contribution in [-0.2, 0) is 0 Å². The predicted octanol–water partition coefficient (Wildman–Crippen LogP) is 4.18. The van der Waals surface area contributed by atoms with Crippen molar-refractivity contribution in [3.8, 4) is 0 Å². The van der Waals surface area contributed by atoms with E-state index >= 15 is 0 Å². The van der Waals surface area contributed by atoms with Crippen LogP contribution in [0.1, 0.15) is 43.5 Å².